The average molecular weight is 398 g/mol. The minimum atomic E-state index is -4.40. The molecule has 1 unspecified atom stereocenters. The van der Waals surface area contributed by atoms with Crippen LogP contribution in [0.3, 0.4) is 0 Å². The van der Waals surface area contributed by atoms with E-state index in [0.717, 1.165) is 16.3 Å². The summed E-state index contributed by atoms with van der Waals surface area (Å²) < 4.78 is 40.3. The monoisotopic (exact) mass is 398 g/mol. The number of amides is 1. The fourth-order valence-corrected chi connectivity index (χ4v) is 3.81. The van der Waals surface area contributed by atoms with Crippen LogP contribution in [-0.2, 0) is 0 Å². The highest BCUT2D eigenvalue weighted by atomic mass is 32.1. The number of carbonyl (C=O) groups excluding carboxylic acids is 1. The Morgan fingerprint density at radius 1 is 1.37 bits per heavy atom. The molecular weight excluding hydrogens is 377 g/mol. The molecule has 0 radical (unpaired) electrons. The summed E-state index contributed by atoms with van der Waals surface area (Å²) in [6.45, 7) is 3.04. The van der Waals surface area contributed by atoms with Gasteiger partial charge in [-0.1, -0.05) is 12.1 Å². The van der Waals surface area contributed by atoms with Crippen LogP contribution < -0.4 is 10.6 Å². The first-order chi connectivity index (χ1) is 12.8. The van der Waals surface area contributed by atoms with E-state index in [-0.39, 0.29) is 0 Å². The third kappa shape index (κ3) is 5.06. The van der Waals surface area contributed by atoms with Crippen LogP contribution in [0.4, 0.5) is 13.2 Å². The van der Waals surface area contributed by atoms with E-state index < -0.39 is 24.7 Å². The molecule has 1 aliphatic heterocycles. The number of hydrogen-bond acceptors (Lipinski definition) is 5. The number of carbonyl (C=O) groups is 1. The summed E-state index contributed by atoms with van der Waals surface area (Å²) in [7, 11) is 0. The predicted molar refractivity (Wildman–Crippen MR) is 98.9 cm³/mol. The number of thiazole rings is 1. The summed E-state index contributed by atoms with van der Waals surface area (Å²) in [6, 6.07) is 5.09. The highest BCUT2D eigenvalue weighted by Crippen LogP contribution is 2.26. The summed E-state index contributed by atoms with van der Waals surface area (Å²) in [5.41, 5.74) is 1.98. The largest absolute Gasteiger partial charge is 0.405 e. The van der Waals surface area contributed by atoms with Crippen molar-refractivity contribution in [3.8, 4) is 10.6 Å². The van der Waals surface area contributed by atoms with Crippen molar-refractivity contribution in [3.63, 3.8) is 0 Å². The van der Waals surface area contributed by atoms with E-state index in [2.05, 4.69) is 15.6 Å². The Bertz CT molecular complexity index is 787. The van der Waals surface area contributed by atoms with E-state index in [1.807, 2.05) is 18.4 Å². The molecule has 3 rings (SSSR count). The molecular formula is C18H21F3N4OS. The molecule has 0 saturated carbocycles. The van der Waals surface area contributed by atoms with Gasteiger partial charge in [-0.2, -0.15) is 13.2 Å². The molecule has 0 spiro atoms. The second kappa shape index (κ2) is 8.37. The van der Waals surface area contributed by atoms with Crippen molar-refractivity contribution in [2.24, 2.45) is 0 Å². The quantitative estimate of drug-likeness (QED) is 0.813. The molecule has 1 aromatic carbocycles. The molecule has 1 saturated heterocycles. The van der Waals surface area contributed by atoms with Gasteiger partial charge in [-0.15, -0.1) is 11.3 Å². The number of aryl methyl sites for hydroxylation is 1. The zero-order valence-electron chi connectivity index (χ0n) is 14.8. The van der Waals surface area contributed by atoms with Crippen molar-refractivity contribution in [3.05, 3.63) is 40.9 Å². The molecule has 5 nitrogen and oxygen atoms in total. The zero-order valence-corrected chi connectivity index (χ0v) is 15.7. The van der Waals surface area contributed by atoms with Crippen LogP contribution in [0.2, 0.25) is 0 Å². The van der Waals surface area contributed by atoms with Crippen molar-refractivity contribution in [2.45, 2.75) is 19.1 Å². The molecule has 0 bridgehead atoms. The lowest BCUT2D eigenvalue weighted by atomic mass is 10.1. The van der Waals surface area contributed by atoms with Gasteiger partial charge in [-0.05, 0) is 19.1 Å². The van der Waals surface area contributed by atoms with Gasteiger partial charge in [0.05, 0.1) is 0 Å². The highest BCUT2D eigenvalue weighted by Gasteiger charge is 2.43. The SMILES string of the molecule is Cc1csc(-c2cccc(C(=O)NCC(N3CCNCC3)C(F)(F)F)c2)n1. The summed E-state index contributed by atoms with van der Waals surface area (Å²) in [5, 5.41) is 8.16. The first-order valence-corrected chi connectivity index (χ1v) is 9.55. The number of alkyl halides is 3. The van der Waals surface area contributed by atoms with Crippen molar-refractivity contribution >= 4 is 17.2 Å². The molecule has 2 heterocycles. The van der Waals surface area contributed by atoms with Crippen molar-refractivity contribution < 1.29 is 18.0 Å². The van der Waals surface area contributed by atoms with E-state index in [1.54, 1.807) is 18.2 Å². The Balaban J connectivity index is 1.68. The topological polar surface area (TPSA) is 57.3 Å². The molecule has 0 aliphatic carbocycles. The summed E-state index contributed by atoms with van der Waals surface area (Å²) in [6.07, 6.45) is -4.40. The van der Waals surface area contributed by atoms with Gasteiger partial charge in [0.25, 0.3) is 5.91 Å². The van der Waals surface area contributed by atoms with Crippen LogP contribution in [0, 0.1) is 6.92 Å². The van der Waals surface area contributed by atoms with Gasteiger partial charge in [-0.25, -0.2) is 4.98 Å². The van der Waals surface area contributed by atoms with Crippen molar-refractivity contribution in [1.82, 2.24) is 20.5 Å². The molecule has 27 heavy (non-hydrogen) atoms. The van der Waals surface area contributed by atoms with E-state index in [1.165, 1.54) is 16.2 Å². The van der Waals surface area contributed by atoms with Gasteiger partial charge >= 0.3 is 6.18 Å². The van der Waals surface area contributed by atoms with Gasteiger partial charge in [0, 0.05) is 54.9 Å². The van der Waals surface area contributed by atoms with E-state index >= 15 is 0 Å². The fraction of sp³-hybridized carbons (Fsp3) is 0.444. The van der Waals surface area contributed by atoms with Crippen molar-refractivity contribution in [1.29, 1.82) is 0 Å². The van der Waals surface area contributed by atoms with Gasteiger partial charge in [0.15, 0.2) is 0 Å². The molecule has 1 amide bonds. The minimum absolute atomic E-state index is 0.304. The molecule has 146 valence electrons. The highest BCUT2D eigenvalue weighted by molar-refractivity contribution is 7.13. The van der Waals surface area contributed by atoms with Crippen LogP contribution in [0.5, 0.6) is 0 Å². The lowest BCUT2D eigenvalue weighted by Crippen LogP contribution is -2.57. The second-order valence-corrected chi connectivity index (χ2v) is 7.29. The number of rotatable bonds is 5. The van der Waals surface area contributed by atoms with Crippen LogP contribution in [-0.4, -0.2) is 60.7 Å². The van der Waals surface area contributed by atoms with E-state index in [0.29, 0.717) is 31.7 Å². The number of hydrogen-bond donors (Lipinski definition) is 2. The molecule has 1 aromatic heterocycles. The number of piperazine rings is 1. The molecule has 2 aromatic rings. The summed E-state index contributed by atoms with van der Waals surface area (Å²) in [5.74, 6) is -0.519. The predicted octanol–water partition coefficient (Wildman–Crippen LogP) is 2.68. The maximum atomic E-state index is 13.4. The lowest BCUT2D eigenvalue weighted by Gasteiger charge is -2.35. The lowest BCUT2D eigenvalue weighted by molar-refractivity contribution is -0.183. The van der Waals surface area contributed by atoms with Gasteiger partial charge in [-0.3, -0.25) is 9.69 Å². The second-order valence-electron chi connectivity index (χ2n) is 6.43. The van der Waals surface area contributed by atoms with Crippen LogP contribution >= 0.6 is 11.3 Å². The Kier molecular flexibility index (Phi) is 6.13. The molecule has 1 fully saturated rings. The number of nitrogens with zero attached hydrogens (tertiary/aromatic N) is 2. The summed E-state index contributed by atoms with van der Waals surface area (Å²) in [4.78, 5) is 18.2. The van der Waals surface area contributed by atoms with Gasteiger partial charge in [0.1, 0.15) is 11.0 Å². The first kappa shape index (κ1) is 19.8. The number of nitrogens with one attached hydrogen (secondary N) is 2. The smallest absolute Gasteiger partial charge is 0.350 e. The molecule has 9 heteroatoms. The Morgan fingerprint density at radius 3 is 2.74 bits per heavy atom. The number of benzene rings is 1. The fourth-order valence-electron chi connectivity index (χ4n) is 3.02. The average Bonchev–Trinajstić information content (AvgIpc) is 3.08. The molecule has 1 atom stereocenters. The third-order valence-corrected chi connectivity index (χ3v) is 5.43. The van der Waals surface area contributed by atoms with Crippen LogP contribution in [0.1, 0.15) is 16.1 Å². The van der Waals surface area contributed by atoms with Crippen molar-refractivity contribution in [2.75, 3.05) is 32.7 Å². The zero-order chi connectivity index (χ0) is 19.4. The van der Waals surface area contributed by atoms with E-state index in [4.69, 9.17) is 0 Å². The number of halogens is 3. The normalized spacial score (nSPS) is 16.9. The standard InChI is InChI=1S/C18H21F3N4OS/c1-12-11-27-17(24-12)14-4-2-3-13(9-14)16(26)23-10-15(18(19,20)21)25-7-5-22-6-8-25/h2-4,9,11,15,22H,5-8,10H2,1H3,(H,23,26). The van der Waals surface area contributed by atoms with E-state index in [9.17, 15) is 18.0 Å². The first-order valence-electron chi connectivity index (χ1n) is 8.67. The number of aromatic nitrogens is 1. The minimum Gasteiger partial charge on any atom is -0.350 e. The van der Waals surface area contributed by atoms with Gasteiger partial charge in [0.2, 0.25) is 0 Å². The van der Waals surface area contributed by atoms with Gasteiger partial charge < -0.3 is 10.6 Å². The molecule has 1 aliphatic rings. The van der Waals surface area contributed by atoms with Crippen LogP contribution in [0.15, 0.2) is 29.6 Å². The molecule has 2 N–H and O–H groups in total. The third-order valence-electron chi connectivity index (χ3n) is 4.42. The van der Waals surface area contributed by atoms with Crippen LogP contribution in [0.25, 0.3) is 10.6 Å². The Hall–Kier alpha value is -1.97. The Labute approximate surface area is 159 Å². The summed E-state index contributed by atoms with van der Waals surface area (Å²) >= 11 is 1.46. The Morgan fingerprint density at radius 2 is 2.11 bits per heavy atom. The maximum absolute atomic E-state index is 13.4. The maximum Gasteiger partial charge on any atom is 0.405 e.